The van der Waals surface area contributed by atoms with Crippen LogP contribution in [0.1, 0.15) is 74.1 Å². The van der Waals surface area contributed by atoms with Gasteiger partial charge in [0.2, 0.25) is 0 Å². The number of aliphatic imine (C=N–C) groups is 1. The first kappa shape index (κ1) is 29.2. The lowest BCUT2D eigenvalue weighted by Gasteiger charge is -2.50. The van der Waals surface area contributed by atoms with Gasteiger partial charge in [-0.3, -0.25) is 14.5 Å². The number of unbranched alkanes of at least 4 members (excludes halogenated alkanes) is 2. The van der Waals surface area contributed by atoms with E-state index in [2.05, 4.69) is 47.5 Å². The van der Waals surface area contributed by atoms with Gasteiger partial charge in [0.25, 0.3) is 21.8 Å². The molecule has 0 unspecified atom stereocenters. The summed E-state index contributed by atoms with van der Waals surface area (Å²) in [6.45, 7) is 13.7. The molecular formula is C30H39N5O5S. The van der Waals surface area contributed by atoms with E-state index in [0.717, 1.165) is 69.9 Å². The number of carbonyl (C=O) groups is 2. The summed E-state index contributed by atoms with van der Waals surface area (Å²) in [4.78, 5) is 38.2. The largest absolute Gasteiger partial charge is 0.494 e. The van der Waals surface area contributed by atoms with Gasteiger partial charge in [-0.1, -0.05) is 27.7 Å². The maximum Gasteiger partial charge on any atom is 0.278 e. The molecule has 0 spiro atoms. The highest BCUT2D eigenvalue weighted by molar-refractivity contribution is 7.90. The van der Waals surface area contributed by atoms with Gasteiger partial charge in [0.1, 0.15) is 16.5 Å². The monoisotopic (exact) mass is 581 g/mol. The van der Waals surface area contributed by atoms with E-state index in [9.17, 15) is 18.0 Å². The summed E-state index contributed by atoms with van der Waals surface area (Å²) < 4.78 is 31.7. The Kier molecular flexibility index (Phi) is 7.95. The van der Waals surface area contributed by atoms with Gasteiger partial charge in [0.05, 0.1) is 17.7 Å². The van der Waals surface area contributed by atoms with Crippen LogP contribution in [-0.2, 0) is 10.0 Å². The second kappa shape index (κ2) is 11.2. The number of carbonyl (C=O) groups excluding carboxylic acids is 2. The van der Waals surface area contributed by atoms with Crippen LogP contribution in [0.2, 0.25) is 0 Å². The number of fused-ring (bicyclic) bond motifs is 1. The molecule has 1 aliphatic carbocycles. The first-order valence-electron chi connectivity index (χ1n) is 14.3. The summed E-state index contributed by atoms with van der Waals surface area (Å²) in [5.74, 6) is 0.515. The highest BCUT2D eigenvalue weighted by Gasteiger charge is 2.50. The van der Waals surface area contributed by atoms with Crippen molar-refractivity contribution in [1.82, 2.24) is 14.6 Å². The smallest absolute Gasteiger partial charge is 0.278 e. The summed E-state index contributed by atoms with van der Waals surface area (Å²) in [5.41, 5.74) is 1.59. The number of pyridine rings is 1. The highest BCUT2D eigenvalue weighted by atomic mass is 32.2. The minimum absolute atomic E-state index is 0.0226. The van der Waals surface area contributed by atoms with Gasteiger partial charge in [-0.15, -0.1) is 0 Å². The van der Waals surface area contributed by atoms with Crippen molar-refractivity contribution in [3.63, 3.8) is 0 Å². The second-order valence-electron chi connectivity index (χ2n) is 12.4. The summed E-state index contributed by atoms with van der Waals surface area (Å²) in [6.07, 6.45) is 5.58. The number of sulfonamides is 1. The Bertz CT molecular complexity index is 1440. The Hall–Kier alpha value is -3.31. The third-order valence-corrected chi connectivity index (χ3v) is 9.54. The summed E-state index contributed by atoms with van der Waals surface area (Å²) >= 11 is 0. The van der Waals surface area contributed by atoms with E-state index in [1.54, 1.807) is 12.3 Å². The van der Waals surface area contributed by atoms with Crippen LogP contribution in [0.5, 0.6) is 5.75 Å². The summed E-state index contributed by atoms with van der Waals surface area (Å²) in [6, 6.07) is 8.28. The zero-order valence-electron chi connectivity index (χ0n) is 24.3. The lowest BCUT2D eigenvalue weighted by atomic mass is 9.54. The molecule has 1 aromatic heterocycles. The summed E-state index contributed by atoms with van der Waals surface area (Å²) in [7, 11) is -3.78. The van der Waals surface area contributed by atoms with Crippen LogP contribution in [0, 0.1) is 10.8 Å². The fraction of sp³-hybridized carbons (Fsp3) is 0.533. The molecule has 5 rings (SSSR count). The van der Waals surface area contributed by atoms with E-state index in [1.165, 1.54) is 12.1 Å². The van der Waals surface area contributed by atoms with Gasteiger partial charge in [-0.25, -0.2) is 23.1 Å². The molecule has 3 heterocycles. The van der Waals surface area contributed by atoms with Crippen molar-refractivity contribution < 1.29 is 22.7 Å². The van der Waals surface area contributed by atoms with E-state index in [-0.39, 0.29) is 27.2 Å². The van der Waals surface area contributed by atoms with E-state index >= 15 is 0 Å². The van der Waals surface area contributed by atoms with Crippen molar-refractivity contribution in [2.75, 3.05) is 44.2 Å². The SMILES string of the molecule is CC1(C)CC(C)(C)C1=NC(=O)c1ccc(N2CCN(CCCCCOc3ccc4c(c3)S(=O)(=O)NC4=O)CC2)nc1. The number of nitrogens with one attached hydrogen (secondary N) is 1. The number of benzene rings is 1. The molecule has 2 fully saturated rings. The molecule has 11 heteroatoms. The van der Waals surface area contributed by atoms with Crippen LogP contribution in [0.3, 0.4) is 0 Å². The molecule has 1 saturated carbocycles. The van der Waals surface area contributed by atoms with E-state index < -0.39 is 15.9 Å². The predicted octanol–water partition coefficient (Wildman–Crippen LogP) is 3.92. The van der Waals surface area contributed by atoms with Gasteiger partial charge >= 0.3 is 0 Å². The molecule has 1 aromatic carbocycles. The number of aromatic nitrogens is 1. The number of ether oxygens (including phenoxy) is 1. The molecule has 3 aliphatic rings. The van der Waals surface area contributed by atoms with E-state index in [4.69, 9.17) is 4.74 Å². The number of piperazine rings is 1. The molecule has 0 bridgehead atoms. The molecule has 2 aromatic rings. The molecule has 0 radical (unpaired) electrons. The highest BCUT2D eigenvalue weighted by Crippen LogP contribution is 2.50. The number of rotatable bonds is 9. The quantitative estimate of drug-likeness (QED) is 0.443. The minimum atomic E-state index is -3.78. The molecule has 220 valence electrons. The van der Waals surface area contributed by atoms with Crippen LogP contribution < -0.4 is 14.4 Å². The zero-order chi connectivity index (χ0) is 29.4. The van der Waals surface area contributed by atoms with Crippen LogP contribution in [0.4, 0.5) is 5.82 Å². The molecule has 10 nitrogen and oxygen atoms in total. The first-order valence-corrected chi connectivity index (χ1v) is 15.8. The molecule has 1 saturated heterocycles. The molecule has 2 amide bonds. The fourth-order valence-electron chi connectivity index (χ4n) is 6.49. The maximum atomic E-state index is 12.8. The molecule has 41 heavy (non-hydrogen) atoms. The van der Waals surface area contributed by atoms with Crippen LogP contribution >= 0.6 is 0 Å². The number of amides is 2. The van der Waals surface area contributed by atoms with Crippen molar-refractivity contribution in [2.24, 2.45) is 15.8 Å². The van der Waals surface area contributed by atoms with Crippen molar-refractivity contribution in [1.29, 1.82) is 0 Å². The second-order valence-corrected chi connectivity index (χ2v) is 14.1. The van der Waals surface area contributed by atoms with Crippen molar-refractivity contribution in [3.8, 4) is 5.75 Å². The van der Waals surface area contributed by atoms with Crippen molar-refractivity contribution in [2.45, 2.75) is 58.3 Å². The Balaban J connectivity index is 1.01. The Morgan fingerprint density at radius 2 is 1.76 bits per heavy atom. The fourth-order valence-corrected chi connectivity index (χ4v) is 7.67. The lowest BCUT2D eigenvalue weighted by molar-refractivity contribution is 0.0980. The van der Waals surface area contributed by atoms with Gasteiger partial charge in [-0.2, -0.15) is 0 Å². The molecule has 1 N–H and O–H groups in total. The van der Waals surface area contributed by atoms with Gasteiger partial charge in [-0.05, 0) is 56.5 Å². The minimum Gasteiger partial charge on any atom is -0.494 e. The van der Waals surface area contributed by atoms with Gasteiger partial charge < -0.3 is 9.64 Å². The predicted molar refractivity (Wildman–Crippen MR) is 157 cm³/mol. The van der Waals surface area contributed by atoms with Gasteiger partial charge in [0.15, 0.2) is 0 Å². The average molecular weight is 582 g/mol. The van der Waals surface area contributed by atoms with Crippen molar-refractivity contribution in [3.05, 3.63) is 47.7 Å². The Morgan fingerprint density at radius 1 is 1.02 bits per heavy atom. The number of nitrogens with zero attached hydrogens (tertiary/aromatic N) is 4. The van der Waals surface area contributed by atoms with Crippen LogP contribution in [-0.4, -0.2) is 75.2 Å². The van der Waals surface area contributed by atoms with Crippen molar-refractivity contribution >= 4 is 33.4 Å². The Labute approximate surface area is 242 Å². The molecule has 2 aliphatic heterocycles. The maximum absolute atomic E-state index is 12.8. The number of hydrogen-bond donors (Lipinski definition) is 1. The molecular weight excluding hydrogens is 542 g/mol. The Morgan fingerprint density at radius 3 is 2.41 bits per heavy atom. The van der Waals surface area contributed by atoms with Gasteiger partial charge in [0, 0.05) is 55.0 Å². The first-order chi connectivity index (χ1) is 19.4. The molecule has 0 atom stereocenters. The number of anilines is 1. The van der Waals surface area contributed by atoms with E-state index in [0.29, 0.717) is 17.9 Å². The third kappa shape index (κ3) is 6.30. The number of hydrogen-bond acceptors (Lipinski definition) is 8. The third-order valence-electron chi connectivity index (χ3n) is 8.17. The van der Waals surface area contributed by atoms with Crippen LogP contribution in [0.15, 0.2) is 46.4 Å². The van der Waals surface area contributed by atoms with E-state index in [1.807, 2.05) is 16.9 Å². The normalized spacial score (nSPS) is 20.6. The standard InChI is InChI=1S/C30H39N5O5S/c1-29(2)20-30(3,4)28(29)32-26(36)21-8-11-25(31-19-21)35-15-13-34(14-16-35)12-6-5-7-17-40-22-9-10-23-24(18-22)41(38,39)33-27(23)37/h8-11,18-19H,5-7,12-17,20H2,1-4H3,(H,33,37). The average Bonchev–Trinajstić information content (AvgIpc) is 3.16. The summed E-state index contributed by atoms with van der Waals surface area (Å²) in [5, 5.41) is 0. The topological polar surface area (TPSA) is 121 Å². The lowest BCUT2D eigenvalue weighted by Crippen LogP contribution is -2.51. The van der Waals surface area contributed by atoms with Crippen LogP contribution in [0.25, 0.3) is 0 Å². The zero-order valence-corrected chi connectivity index (χ0v) is 25.1.